The van der Waals surface area contributed by atoms with Gasteiger partial charge in [0, 0.05) is 18.3 Å². The first-order valence-corrected chi connectivity index (χ1v) is 11.5. The van der Waals surface area contributed by atoms with Crippen molar-refractivity contribution >= 4 is 21.6 Å². The lowest BCUT2D eigenvalue weighted by Crippen LogP contribution is -2.39. The Hall–Kier alpha value is -2.91. The molecule has 3 rings (SSSR count). The van der Waals surface area contributed by atoms with Crippen LogP contribution in [0.2, 0.25) is 0 Å². The fraction of sp³-hybridized carbons (Fsp3) is 0.364. The number of amides is 1. The summed E-state index contributed by atoms with van der Waals surface area (Å²) in [4.78, 5) is 12.5. The van der Waals surface area contributed by atoms with Crippen molar-refractivity contribution in [3.63, 3.8) is 0 Å². The molecule has 0 spiro atoms. The lowest BCUT2D eigenvalue weighted by molar-refractivity contribution is -0.121. The Labute approximate surface area is 182 Å². The zero-order valence-electron chi connectivity index (χ0n) is 17.7. The second-order valence-corrected chi connectivity index (χ2v) is 9.10. The molecule has 1 fully saturated rings. The molecule has 166 valence electrons. The van der Waals surface area contributed by atoms with E-state index in [1.165, 1.54) is 26.4 Å². The number of benzene rings is 2. The first-order valence-electron chi connectivity index (χ1n) is 10.0. The molecule has 0 aromatic heterocycles. The lowest BCUT2D eigenvalue weighted by Gasteiger charge is -2.23. The van der Waals surface area contributed by atoms with Crippen LogP contribution in [0.15, 0.2) is 58.5 Å². The number of nitrogens with zero attached hydrogens (tertiary/aromatic N) is 2. The van der Waals surface area contributed by atoms with Crippen LogP contribution in [0.3, 0.4) is 0 Å². The van der Waals surface area contributed by atoms with Gasteiger partial charge in [-0.25, -0.2) is 13.8 Å². The molecule has 1 amide bonds. The second kappa shape index (κ2) is 10.4. The number of carbonyl (C=O) groups is 1. The molecule has 9 heteroatoms. The summed E-state index contributed by atoms with van der Waals surface area (Å²) in [5, 5.41) is 4.15. The average molecular weight is 446 g/mol. The van der Waals surface area contributed by atoms with Gasteiger partial charge in [0.2, 0.25) is 10.0 Å². The first-order chi connectivity index (χ1) is 14.9. The van der Waals surface area contributed by atoms with Gasteiger partial charge in [0.05, 0.1) is 20.8 Å². The van der Waals surface area contributed by atoms with Gasteiger partial charge < -0.3 is 9.47 Å². The maximum absolute atomic E-state index is 13.5. The molecule has 8 nitrogen and oxygen atoms in total. The molecule has 0 heterocycles. The Morgan fingerprint density at radius 2 is 1.77 bits per heavy atom. The van der Waals surface area contributed by atoms with Gasteiger partial charge in [-0.15, -0.1) is 0 Å². The molecule has 1 N–H and O–H groups in total. The summed E-state index contributed by atoms with van der Waals surface area (Å²) in [5.41, 5.74) is 4.19. The van der Waals surface area contributed by atoms with Crippen molar-refractivity contribution in [1.82, 2.24) is 9.73 Å². The molecule has 1 saturated carbocycles. The van der Waals surface area contributed by atoms with Crippen LogP contribution in [0.5, 0.6) is 11.5 Å². The van der Waals surface area contributed by atoms with Gasteiger partial charge in [0.15, 0.2) is 0 Å². The number of hydrogen-bond donors (Lipinski definition) is 1. The van der Waals surface area contributed by atoms with E-state index in [1.54, 1.807) is 6.07 Å². The number of hydrazone groups is 1. The third kappa shape index (κ3) is 5.83. The minimum atomic E-state index is -4.06. The summed E-state index contributed by atoms with van der Waals surface area (Å²) in [6, 6.07) is 13.6. The summed E-state index contributed by atoms with van der Waals surface area (Å²) < 4.78 is 38.6. The van der Waals surface area contributed by atoms with E-state index in [-0.39, 0.29) is 23.7 Å². The van der Waals surface area contributed by atoms with Gasteiger partial charge in [-0.05, 0) is 43.4 Å². The molecule has 0 aliphatic heterocycles. The molecule has 2 aromatic carbocycles. The molecule has 0 radical (unpaired) electrons. The third-order valence-corrected chi connectivity index (χ3v) is 6.86. The topological polar surface area (TPSA) is 97.3 Å². The normalized spacial score (nSPS) is 13.8. The average Bonchev–Trinajstić information content (AvgIpc) is 3.31. The minimum absolute atomic E-state index is 0.0301. The Bertz CT molecular complexity index is 1030. The molecule has 31 heavy (non-hydrogen) atoms. The number of carbonyl (C=O) groups excluding carboxylic acids is 1. The van der Waals surface area contributed by atoms with Crippen LogP contribution in [0.25, 0.3) is 0 Å². The van der Waals surface area contributed by atoms with Crippen molar-refractivity contribution in [1.29, 1.82) is 0 Å². The standard InChI is InChI=1S/C22H27N3O5S/c1-29-19-12-13-21(20(14-19)30-2)31(27,28)25(15-17-8-4-3-5-9-17)16-22(26)24-23-18-10-6-7-11-18/h3-5,8-9,12-14H,6-7,10-11,15-16H2,1-2H3,(H,24,26). The van der Waals surface area contributed by atoms with Crippen LogP contribution < -0.4 is 14.9 Å². The molecule has 0 atom stereocenters. The highest BCUT2D eigenvalue weighted by molar-refractivity contribution is 7.89. The number of nitrogens with one attached hydrogen (secondary N) is 1. The van der Waals surface area contributed by atoms with Crippen molar-refractivity contribution < 1.29 is 22.7 Å². The van der Waals surface area contributed by atoms with E-state index in [0.29, 0.717) is 5.75 Å². The highest BCUT2D eigenvalue weighted by Gasteiger charge is 2.30. The molecule has 1 aliphatic carbocycles. The molecule has 0 bridgehead atoms. The molecule has 0 saturated heterocycles. The Kier molecular flexibility index (Phi) is 7.64. The smallest absolute Gasteiger partial charge is 0.255 e. The summed E-state index contributed by atoms with van der Waals surface area (Å²) in [7, 11) is -1.18. The summed E-state index contributed by atoms with van der Waals surface area (Å²) >= 11 is 0. The highest BCUT2D eigenvalue weighted by atomic mass is 32.2. The first kappa shape index (κ1) is 22.8. The van der Waals surface area contributed by atoms with Gasteiger partial charge in [-0.1, -0.05) is 30.3 Å². The Morgan fingerprint density at radius 1 is 1.06 bits per heavy atom. The largest absolute Gasteiger partial charge is 0.497 e. The van der Waals surface area contributed by atoms with Crippen molar-refractivity contribution in [2.75, 3.05) is 20.8 Å². The summed E-state index contributed by atoms with van der Waals surface area (Å²) in [5.74, 6) is 0.117. The van der Waals surface area contributed by atoms with Crippen LogP contribution in [-0.4, -0.2) is 45.1 Å². The summed E-state index contributed by atoms with van der Waals surface area (Å²) in [6.45, 7) is -0.342. The van der Waals surface area contributed by atoms with E-state index < -0.39 is 15.9 Å². The quantitative estimate of drug-likeness (QED) is 0.599. The van der Waals surface area contributed by atoms with Gasteiger partial charge in [-0.3, -0.25) is 4.79 Å². The molecule has 2 aromatic rings. The van der Waals surface area contributed by atoms with Crippen molar-refractivity contribution in [3.8, 4) is 11.5 Å². The number of sulfonamides is 1. The van der Waals surface area contributed by atoms with Crippen LogP contribution in [0, 0.1) is 0 Å². The third-order valence-electron chi connectivity index (χ3n) is 5.03. The molecule has 1 aliphatic rings. The number of methoxy groups -OCH3 is 2. The Balaban J connectivity index is 1.89. The van der Waals surface area contributed by atoms with Crippen molar-refractivity contribution in [2.45, 2.75) is 37.1 Å². The monoisotopic (exact) mass is 445 g/mol. The van der Waals surface area contributed by atoms with Crippen LogP contribution in [-0.2, 0) is 21.4 Å². The van der Waals surface area contributed by atoms with E-state index in [1.807, 2.05) is 30.3 Å². The van der Waals surface area contributed by atoms with Gasteiger partial charge in [0.25, 0.3) is 5.91 Å². The molecular weight excluding hydrogens is 418 g/mol. The predicted molar refractivity (Wildman–Crippen MR) is 118 cm³/mol. The number of hydrogen-bond acceptors (Lipinski definition) is 6. The molecule has 0 unspecified atom stereocenters. The number of ether oxygens (including phenoxy) is 2. The van der Waals surface area contributed by atoms with E-state index in [2.05, 4.69) is 10.5 Å². The Morgan fingerprint density at radius 3 is 2.42 bits per heavy atom. The zero-order chi connectivity index (χ0) is 22.3. The highest BCUT2D eigenvalue weighted by Crippen LogP contribution is 2.31. The van der Waals surface area contributed by atoms with E-state index >= 15 is 0 Å². The SMILES string of the molecule is COc1ccc(S(=O)(=O)N(CC(=O)NN=C2CCCC2)Cc2ccccc2)c(OC)c1. The van der Waals surface area contributed by atoms with Gasteiger partial charge in [-0.2, -0.15) is 9.41 Å². The lowest BCUT2D eigenvalue weighted by atomic mass is 10.2. The van der Waals surface area contributed by atoms with Crippen LogP contribution in [0.4, 0.5) is 0 Å². The van der Waals surface area contributed by atoms with Gasteiger partial charge in [0.1, 0.15) is 16.4 Å². The minimum Gasteiger partial charge on any atom is -0.497 e. The van der Waals surface area contributed by atoms with Crippen molar-refractivity contribution in [2.24, 2.45) is 5.10 Å². The fourth-order valence-corrected chi connectivity index (χ4v) is 4.89. The maximum Gasteiger partial charge on any atom is 0.255 e. The fourth-order valence-electron chi connectivity index (χ4n) is 3.37. The van der Waals surface area contributed by atoms with E-state index in [4.69, 9.17) is 9.47 Å². The van der Waals surface area contributed by atoms with E-state index in [9.17, 15) is 13.2 Å². The second-order valence-electron chi connectivity index (χ2n) is 7.20. The van der Waals surface area contributed by atoms with Gasteiger partial charge >= 0.3 is 0 Å². The maximum atomic E-state index is 13.5. The predicted octanol–water partition coefficient (Wildman–Crippen LogP) is 2.94. The summed E-state index contributed by atoms with van der Waals surface area (Å²) in [6.07, 6.45) is 3.83. The van der Waals surface area contributed by atoms with Crippen LogP contribution in [0.1, 0.15) is 31.2 Å². The van der Waals surface area contributed by atoms with Crippen molar-refractivity contribution in [3.05, 3.63) is 54.1 Å². The number of rotatable bonds is 9. The zero-order valence-corrected chi connectivity index (χ0v) is 18.5. The van der Waals surface area contributed by atoms with Crippen LogP contribution >= 0.6 is 0 Å². The van der Waals surface area contributed by atoms with E-state index in [0.717, 1.165) is 41.3 Å². The molecular formula is C22H27N3O5S.